The Labute approximate surface area is 103 Å². The summed E-state index contributed by atoms with van der Waals surface area (Å²) in [5.74, 6) is -18.5. The van der Waals surface area contributed by atoms with Crippen molar-refractivity contribution in [3.05, 3.63) is 0 Å². The zero-order valence-electron chi connectivity index (χ0n) is 10.1. The number of hydrogen-bond acceptors (Lipinski definition) is 0. The molecule has 0 heterocycles. The zero-order valence-corrected chi connectivity index (χ0v) is 10.1. The number of alkyl halides is 9. The molecule has 0 spiro atoms. The first-order valence-electron chi connectivity index (χ1n) is 5.26. The van der Waals surface area contributed by atoms with E-state index in [9.17, 15) is 39.5 Å². The van der Waals surface area contributed by atoms with Gasteiger partial charge in [-0.05, 0) is 20.3 Å². The van der Waals surface area contributed by atoms with Crippen molar-refractivity contribution in [1.82, 2.24) is 0 Å². The second kappa shape index (κ2) is 3.52. The highest BCUT2D eigenvalue weighted by Crippen LogP contribution is 2.68. The lowest BCUT2D eigenvalue weighted by atomic mass is 9.61. The molecule has 1 rings (SSSR count). The van der Waals surface area contributed by atoms with Crippen molar-refractivity contribution in [2.45, 2.75) is 62.0 Å². The Morgan fingerprint density at radius 1 is 0.579 bits per heavy atom. The van der Waals surface area contributed by atoms with E-state index in [4.69, 9.17) is 0 Å². The first kappa shape index (κ1) is 16.4. The van der Waals surface area contributed by atoms with Gasteiger partial charge in [0, 0.05) is 0 Å². The predicted molar refractivity (Wildman–Crippen MR) is 48.0 cm³/mol. The predicted octanol–water partition coefficient (Wildman–Crippen LogP) is 4.48. The molecule has 114 valence electrons. The SMILES string of the molecule is CCC1(F)C(C)(F)C(C)(F)C(F)(F)C(F)(F)C1(F)F. The number of hydrogen-bond donors (Lipinski definition) is 0. The topological polar surface area (TPSA) is 0 Å². The van der Waals surface area contributed by atoms with E-state index in [2.05, 4.69) is 0 Å². The molecule has 1 aliphatic carbocycles. The van der Waals surface area contributed by atoms with Crippen molar-refractivity contribution in [3.8, 4) is 0 Å². The Morgan fingerprint density at radius 3 is 1.26 bits per heavy atom. The van der Waals surface area contributed by atoms with E-state index in [-0.39, 0.29) is 13.8 Å². The third-order valence-corrected chi connectivity index (χ3v) is 3.99. The maximum Gasteiger partial charge on any atom is 0.378 e. The fourth-order valence-corrected chi connectivity index (χ4v) is 2.26. The highest BCUT2D eigenvalue weighted by Gasteiger charge is 2.95. The molecule has 0 aliphatic heterocycles. The van der Waals surface area contributed by atoms with Gasteiger partial charge in [-0.3, -0.25) is 0 Å². The average Bonchev–Trinajstić information content (AvgIpc) is 2.24. The van der Waals surface area contributed by atoms with Crippen LogP contribution in [-0.2, 0) is 0 Å². The summed E-state index contributed by atoms with van der Waals surface area (Å²) in [5, 5.41) is 0. The van der Waals surface area contributed by atoms with Gasteiger partial charge in [-0.15, -0.1) is 0 Å². The summed E-state index contributed by atoms with van der Waals surface area (Å²) in [6.07, 6.45) is -1.60. The molecule has 1 saturated carbocycles. The summed E-state index contributed by atoms with van der Waals surface area (Å²) < 4.78 is 121. The molecule has 0 saturated heterocycles. The second-order valence-corrected chi connectivity index (χ2v) is 4.88. The van der Waals surface area contributed by atoms with Crippen LogP contribution in [0.1, 0.15) is 27.2 Å². The Balaban J connectivity index is 3.76. The van der Waals surface area contributed by atoms with E-state index >= 15 is 0 Å². The van der Waals surface area contributed by atoms with E-state index < -0.39 is 41.2 Å². The molecule has 0 bridgehead atoms. The van der Waals surface area contributed by atoms with Crippen LogP contribution in [0.25, 0.3) is 0 Å². The Hall–Kier alpha value is -0.630. The van der Waals surface area contributed by atoms with Crippen LogP contribution in [0.3, 0.4) is 0 Å². The Morgan fingerprint density at radius 2 is 0.947 bits per heavy atom. The van der Waals surface area contributed by atoms with Gasteiger partial charge in [0.15, 0.2) is 5.67 Å². The Kier molecular flexibility index (Phi) is 3.04. The van der Waals surface area contributed by atoms with Gasteiger partial charge in [0.2, 0.25) is 11.3 Å². The molecule has 9 heteroatoms. The first-order chi connectivity index (χ1) is 8.06. The molecule has 0 nitrogen and oxygen atoms in total. The summed E-state index contributed by atoms with van der Waals surface area (Å²) in [6.45, 7) is -0.00490. The smallest absolute Gasteiger partial charge is 0.237 e. The third kappa shape index (κ3) is 1.29. The molecular weight excluding hydrogens is 291 g/mol. The molecule has 1 aliphatic rings. The lowest BCUT2D eigenvalue weighted by molar-refractivity contribution is -0.435. The molecule has 19 heavy (non-hydrogen) atoms. The van der Waals surface area contributed by atoms with Crippen molar-refractivity contribution in [2.24, 2.45) is 0 Å². The van der Waals surface area contributed by atoms with Crippen LogP contribution in [-0.4, -0.2) is 34.8 Å². The second-order valence-electron chi connectivity index (χ2n) is 4.88. The van der Waals surface area contributed by atoms with Crippen LogP contribution >= 0.6 is 0 Å². The largest absolute Gasteiger partial charge is 0.378 e. The Bertz CT molecular complexity index is 352. The van der Waals surface area contributed by atoms with Crippen molar-refractivity contribution in [3.63, 3.8) is 0 Å². The highest BCUT2D eigenvalue weighted by molar-refractivity contribution is 5.29. The average molecular weight is 302 g/mol. The summed E-state index contributed by atoms with van der Waals surface area (Å²) in [5.41, 5.74) is -14.1. The minimum Gasteiger partial charge on any atom is -0.237 e. The van der Waals surface area contributed by atoms with Crippen molar-refractivity contribution in [1.29, 1.82) is 0 Å². The summed E-state index contributed by atoms with van der Waals surface area (Å²) in [4.78, 5) is 0. The van der Waals surface area contributed by atoms with E-state index in [1.54, 1.807) is 0 Å². The first-order valence-corrected chi connectivity index (χ1v) is 5.26. The van der Waals surface area contributed by atoms with E-state index in [1.807, 2.05) is 0 Å². The molecule has 0 aromatic carbocycles. The van der Waals surface area contributed by atoms with Gasteiger partial charge >= 0.3 is 17.8 Å². The van der Waals surface area contributed by atoms with Gasteiger partial charge in [0.25, 0.3) is 0 Å². The summed E-state index contributed by atoms with van der Waals surface area (Å²) in [6, 6.07) is 0. The molecule has 0 aromatic heterocycles. The van der Waals surface area contributed by atoms with Gasteiger partial charge in [0.1, 0.15) is 0 Å². The van der Waals surface area contributed by atoms with Gasteiger partial charge in [0.05, 0.1) is 0 Å². The molecule has 0 aromatic rings. The molecule has 1 fully saturated rings. The maximum absolute atomic E-state index is 14.0. The van der Waals surface area contributed by atoms with Crippen LogP contribution < -0.4 is 0 Å². The van der Waals surface area contributed by atoms with Crippen LogP contribution in [0, 0.1) is 0 Å². The van der Waals surface area contributed by atoms with Gasteiger partial charge in [-0.1, -0.05) is 6.92 Å². The molecule has 0 radical (unpaired) electrons. The van der Waals surface area contributed by atoms with Gasteiger partial charge in [-0.25, -0.2) is 13.2 Å². The van der Waals surface area contributed by atoms with E-state index in [0.29, 0.717) is 6.92 Å². The van der Waals surface area contributed by atoms with Crippen molar-refractivity contribution >= 4 is 0 Å². The maximum atomic E-state index is 14.0. The third-order valence-electron chi connectivity index (χ3n) is 3.99. The lowest BCUT2D eigenvalue weighted by Gasteiger charge is -2.57. The summed E-state index contributed by atoms with van der Waals surface area (Å²) in [7, 11) is 0. The van der Waals surface area contributed by atoms with Crippen LogP contribution in [0.5, 0.6) is 0 Å². The number of rotatable bonds is 1. The minimum absolute atomic E-state index is 0.201. The fourth-order valence-electron chi connectivity index (χ4n) is 2.26. The standard InChI is InChI=1S/C10H11F9/c1-4-7(13)5(2,11)6(3,12)8(14,15)10(18,19)9(7,16)17/h4H2,1-3H3. The quantitative estimate of drug-likeness (QED) is 0.626. The van der Waals surface area contributed by atoms with Gasteiger partial charge in [-0.2, -0.15) is 26.3 Å². The molecular formula is C10H11F9. The zero-order chi connectivity index (χ0) is 15.7. The fraction of sp³-hybridized carbons (Fsp3) is 1.00. The van der Waals surface area contributed by atoms with Gasteiger partial charge < -0.3 is 0 Å². The molecule has 3 atom stereocenters. The van der Waals surface area contributed by atoms with Crippen molar-refractivity contribution < 1.29 is 39.5 Å². The summed E-state index contributed by atoms with van der Waals surface area (Å²) >= 11 is 0. The van der Waals surface area contributed by atoms with Crippen molar-refractivity contribution in [2.75, 3.05) is 0 Å². The van der Waals surface area contributed by atoms with Crippen LogP contribution in [0.4, 0.5) is 39.5 Å². The highest BCUT2D eigenvalue weighted by atomic mass is 19.4. The van der Waals surface area contributed by atoms with E-state index in [1.165, 1.54) is 0 Å². The monoisotopic (exact) mass is 302 g/mol. The van der Waals surface area contributed by atoms with Crippen LogP contribution in [0.15, 0.2) is 0 Å². The molecule has 3 unspecified atom stereocenters. The lowest BCUT2D eigenvalue weighted by Crippen LogP contribution is -2.84. The molecule has 0 N–H and O–H groups in total. The minimum atomic E-state index is -6.36. The van der Waals surface area contributed by atoms with E-state index in [0.717, 1.165) is 0 Å². The normalized spacial score (nSPS) is 48.0. The number of halogens is 9. The van der Waals surface area contributed by atoms with Crippen LogP contribution in [0.2, 0.25) is 0 Å². The molecule has 0 amide bonds.